The Bertz CT molecular complexity index is 992. The van der Waals surface area contributed by atoms with Crippen molar-refractivity contribution in [2.75, 3.05) is 6.61 Å². The van der Waals surface area contributed by atoms with E-state index in [9.17, 15) is 4.79 Å². The van der Waals surface area contributed by atoms with E-state index >= 15 is 0 Å². The number of pyridine rings is 2. The number of carbonyl (C=O) groups is 1. The molecule has 0 bridgehead atoms. The number of nitrogens with two attached hydrogens (primary N) is 1. The van der Waals surface area contributed by atoms with Crippen LogP contribution in [0.4, 0.5) is 0 Å². The number of hydrogen-bond donors (Lipinski definition) is 1. The van der Waals surface area contributed by atoms with E-state index in [1.165, 1.54) is 0 Å². The molecule has 2 aromatic heterocycles. The molecule has 6 nitrogen and oxygen atoms in total. The molecule has 0 fully saturated rings. The summed E-state index contributed by atoms with van der Waals surface area (Å²) in [7, 11) is 0. The van der Waals surface area contributed by atoms with Gasteiger partial charge in [0.2, 0.25) is 11.8 Å². The fourth-order valence-corrected chi connectivity index (χ4v) is 2.79. The predicted octanol–water partition coefficient (Wildman–Crippen LogP) is 4.40. The Morgan fingerprint density at radius 2 is 1.96 bits per heavy atom. The predicted molar refractivity (Wildman–Crippen MR) is 103 cm³/mol. The van der Waals surface area contributed by atoms with E-state index in [4.69, 9.17) is 26.8 Å². The first-order chi connectivity index (χ1) is 13.0. The van der Waals surface area contributed by atoms with Gasteiger partial charge in [-0.15, -0.1) is 0 Å². The number of ether oxygens (including phenoxy) is 2. The highest BCUT2D eigenvalue weighted by Crippen LogP contribution is 2.30. The lowest BCUT2D eigenvalue weighted by atomic mass is 10.0. The first-order valence-corrected chi connectivity index (χ1v) is 8.68. The second-order valence-corrected chi connectivity index (χ2v) is 6.17. The van der Waals surface area contributed by atoms with Crippen molar-refractivity contribution < 1.29 is 14.3 Å². The summed E-state index contributed by atoms with van der Waals surface area (Å²) in [6.45, 7) is 4.17. The Hall–Kier alpha value is -3.12. The van der Waals surface area contributed by atoms with Crippen molar-refractivity contribution in [3.8, 4) is 28.6 Å². The third kappa shape index (κ3) is 4.35. The summed E-state index contributed by atoms with van der Waals surface area (Å²) >= 11 is 6.14. The molecule has 0 unspecified atom stereocenters. The summed E-state index contributed by atoms with van der Waals surface area (Å²) in [5, 5.41) is 0.376. The van der Waals surface area contributed by atoms with Gasteiger partial charge >= 0.3 is 0 Å². The van der Waals surface area contributed by atoms with Gasteiger partial charge in [0.05, 0.1) is 18.5 Å². The molecule has 2 N–H and O–H groups in total. The summed E-state index contributed by atoms with van der Waals surface area (Å²) in [6.07, 6.45) is 3.19. The van der Waals surface area contributed by atoms with Crippen LogP contribution in [0.5, 0.6) is 17.4 Å². The molecule has 0 saturated heterocycles. The fraction of sp³-hybridized carbons (Fsp3) is 0.150. The van der Waals surface area contributed by atoms with E-state index in [0.717, 1.165) is 11.1 Å². The monoisotopic (exact) mass is 383 g/mol. The van der Waals surface area contributed by atoms with Gasteiger partial charge in [-0.05, 0) is 37.6 Å². The van der Waals surface area contributed by atoms with E-state index in [1.54, 1.807) is 42.7 Å². The van der Waals surface area contributed by atoms with Gasteiger partial charge in [0, 0.05) is 29.5 Å². The maximum Gasteiger partial charge on any atom is 0.248 e. The molecule has 3 aromatic rings. The third-order valence-electron chi connectivity index (χ3n) is 3.82. The molecule has 1 aromatic carbocycles. The van der Waals surface area contributed by atoms with Crippen molar-refractivity contribution in [3.05, 3.63) is 64.9 Å². The zero-order chi connectivity index (χ0) is 19.4. The number of aryl methyl sites for hydroxylation is 1. The molecule has 27 heavy (non-hydrogen) atoms. The van der Waals surface area contributed by atoms with Crippen LogP contribution in [0, 0.1) is 6.92 Å². The zero-order valence-electron chi connectivity index (χ0n) is 14.9. The van der Waals surface area contributed by atoms with Gasteiger partial charge in [-0.3, -0.25) is 9.78 Å². The summed E-state index contributed by atoms with van der Waals surface area (Å²) in [4.78, 5) is 19.9. The molecule has 0 aliphatic carbocycles. The summed E-state index contributed by atoms with van der Waals surface area (Å²) in [6, 6.07) is 10.5. The molecule has 7 heteroatoms. The second kappa shape index (κ2) is 8.05. The average Bonchev–Trinajstić information content (AvgIpc) is 2.64. The smallest absolute Gasteiger partial charge is 0.248 e. The number of aromatic nitrogens is 2. The molecule has 0 atom stereocenters. The first kappa shape index (κ1) is 18.7. The molecule has 0 spiro atoms. The van der Waals surface area contributed by atoms with Crippen LogP contribution in [-0.4, -0.2) is 22.5 Å². The minimum atomic E-state index is -0.455. The van der Waals surface area contributed by atoms with E-state index in [2.05, 4.69) is 9.97 Å². The normalized spacial score (nSPS) is 10.5. The SMILES string of the molecule is CCOc1ncc(Oc2ccnc(-c3ccc(C(N)=O)c(C)c3)c2)cc1Cl. The Kier molecular flexibility index (Phi) is 5.57. The lowest BCUT2D eigenvalue weighted by molar-refractivity contribution is 0.0999. The van der Waals surface area contributed by atoms with Crippen LogP contribution in [-0.2, 0) is 0 Å². The Balaban J connectivity index is 1.85. The number of nitrogens with zero attached hydrogens (tertiary/aromatic N) is 2. The van der Waals surface area contributed by atoms with E-state index in [-0.39, 0.29) is 0 Å². The minimum absolute atomic E-state index is 0.368. The first-order valence-electron chi connectivity index (χ1n) is 8.31. The number of primary amides is 1. The fourth-order valence-electron chi connectivity index (χ4n) is 2.57. The number of rotatable bonds is 6. The van der Waals surface area contributed by atoms with Crippen LogP contribution in [0.2, 0.25) is 5.02 Å². The highest BCUT2D eigenvalue weighted by Gasteiger charge is 2.10. The number of amides is 1. The largest absolute Gasteiger partial charge is 0.477 e. The molecule has 3 rings (SSSR count). The minimum Gasteiger partial charge on any atom is -0.477 e. The Morgan fingerprint density at radius 3 is 2.63 bits per heavy atom. The van der Waals surface area contributed by atoms with Crippen LogP contribution in [0.15, 0.2) is 48.8 Å². The Morgan fingerprint density at radius 1 is 1.15 bits per heavy atom. The molecular formula is C20H18ClN3O3. The van der Waals surface area contributed by atoms with Gasteiger partial charge < -0.3 is 15.2 Å². The molecule has 0 aliphatic rings. The van der Waals surface area contributed by atoms with E-state index < -0.39 is 5.91 Å². The van der Waals surface area contributed by atoms with Crippen LogP contribution in [0.25, 0.3) is 11.3 Å². The zero-order valence-corrected chi connectivity index (χ0v) is 15.7. The van der Waals surface area contributed by atoms with Crippen molar-refractivity contribution in [3.63, 3.8) is 0 Å². The van der Waals surface area contributed by atoms with Crippen molar-refractivity contribution in [2.24, 2.45) is 5.73 Å². The van der Waals surface area contributed by atoms with Gasteiger partial charge in [-0.1, -0.05) is 17.7 Å². The number of hydrogen-bond acceptors (Lipinski definition) is 5. The van der Waals surface area contributed by atoms with Crippen molar-refractivity contribution in [2.45, 2.75) is 13.8 Å². The molecular weight excluding hydrogens is 366 g/mol. The van der Waals surface area contributed by atoms with Crippen LogP contribution in [0.3, 0.4) is 0 Å². The molecule has 2 heterocycles. The number of benzene rings is 1. The standard InChI is InChI=1S/C20H18ClN3O3/c1-3-26-20-17(21)9-15(11-24-20)27-14-6-7-23-18(10-14)13-4-5-16(19(22)25)12(2)8-13/h4-11H,3H2,1-2H3,(H2,22,25). The van der Waals surface area contributed by atoms with E-state index in [0.29, 0.717) is 40.3 Å². The van der Waals surface area contributed by atoms with Gasteiger partial charge in [0.15, 0.2) is 0 Å². The second-order valence-electron chi connectivity index (χ2n) is 5.76. The van der Waals surface area contributed by atoms with Crippen molar-refractivity contribution >= 4 is 17.5 Å². The average molecular weight is 384 g/mol. The molecule has 0 radical (unpaired) electrons. The summed E-state index contributed by atoms with van der Waals surface area (Å²) in [5.41, 5.74) is 8.19. The Labute approximate surface area is 161 Å². The molecule has 0 saturated carbocycles. The van der Waals surface area contributed by atoms with Crippen molar-refractivity contribution in [1.82, 2.24) is 9.97 Å². The molecule has 138 valence electrons. The molecule has 0 aliphatic heterocycles. The number of carbonyl (C=O) groups excluding carboxylic acids is 1. The highest BCUT2D eigenvalue weighted by atomic mass is 35.5. The van der Waals surface area contributed by atoms with Crippen LogP contribution >= 0.6 is 11.6 Å². The summed E-state index contributed by atoms with van der Waals surface area (Å²) < 4.78 is 11.1. The maximum atomic E-state index is 11.4. The van der Waals surface area contributed by atoms with Crippen LogP contribution in [0.1, 0.15) is 22.8 Å². The molecule has 1 amide bonds. The van der Waals surface area contributed by atoms with Gasteiger partial charge in [0.1, 0.15) is 16.5 Å². The highest BCUT2D eigenvalue weighted by molar-refractivity contribution is 6.31. The van der Waals surface area contributed by atoms with Gasteiger partial charge in [0.25, 0.3) is 0 Å². The lowest BCUT2D eigenvalue weighted by Gasteiger charge is -2.10. The summed E-state index contributed by atoms with van der Waals surface area (Å²) in [5.74, 6) is 0.982. The lowest BCUT2D eigenvalue weighted by Crippen LogP contribution is -2.12. The van der Waals surface area contributed by atoms with Gasteiger partial charge in [-0.2, -0.15) is 0 Å². The third-order valence-corrected chi connectivity index (χ3v) is 4.09. The quantitative estimate of drug-likeness (QED) is 0.681. The van der Waals surface area contributed by atoms with Crippen molar-refractivity contribution in [1.29, 1.82) is 0 Å². The van der Waals surface area contributed by atoms with Gasteiger partial charge in [-0.25, -0.2) is 4.98 Å². The topological polar surface area (TPSA) is 87.3 Å². The maximum absolute atomic E-state index is 11.4. The number of halogens is 1. The van der Waals surface area contributed by atoms with E-state index in [1.807, 2.05) is 19.9 Å². The van der Waals surface area contributed by atoms with Crippen LogP contribution < -0.4 is 15.2 Å².